The van der Waals surface area contributed by atoms with Gasteiger partial charge in [0.15, 0.2) is 5.65 Å². The Morgan fingerprint density at radius 1 is 1.10 bits per heavy atom. The number of aryl methyl sites for hydroxylation is 2. The van der Waals surface area contributed by atoms with Crippen molar-refractivity contribution in [3.8, 4) is 0 Å². The lowest BCUT2D eigenvalue weighted by Crippen LogP contribution is -1.97. The van der Waals surface area contributed by atoms with Gasteiger partial charge in [-0.25, -0.2) is 9.97 Å². The van der Waals surface area contributed by atoms with Crippen molar-refractivity contribution in [2.75, 3.05) is 5.32 Å². The minimum absolute atomic E-state index is 0.563. The number of halogens is 2. The molecule has 0 radical (unpaired) electrons. The number of anilines is 2. The molecule has 0 aliphatic heterocycles. The van der Waals surface area contributed by atoms with Crippen LogP contribution in [-0.2, 0) is 7.05 Å². The first-order valence-electron chi connectivity index (χ1n) is 5.92. The highest BCUT2D eigenvalue weighted by molar-refractivity contribution is 6.35. The van der Waals surface area contributed by atoms with Gasteiger partial charge in [0.1, 0.15) is 12.1 Å². The topological polar surface area (TPSA) is 55.6 Å². The van der Waals surface area contributed by atoms with Crippen molar-refractivity contribution in [1.29, 1.82) is 0 Å². The lowest BCUT2D eigenvalue weighted by molar-refractivity contribution is 0.773. The van der Waals surface area contributed by atoms with Gasteiger partial charge in [0, 0.05) is 22.8 Å². The van der Waals surface area contributed by atoms with Crippen LogP contribution in [0.5, 0.6) is 0 Å². The molecular formula is C13H11Cl2N5. The van der Waals surface area contributed by atoms with Gasteiger partial charge < -0.3 is 5.32 Å². The zero-order valence-corrected chi connectivity index (χ0v) is 12.4. The molecule has 0 aliphatic carbocycles. The lowest BCUT2D eigenvalue weighted by atomic mass is 10.2. The van der Waals surface area contributed by atoms with Gasteiger partial charge in [-0.3, -0.25) is 4.68 Å². The van der Waals surface area contributed by atoms with Crippen molar-refractivity contribution in [1.82, 2.24) is 19.7 Å². The highest BCUT2D eigenvalue weighted by Gasteiger charge is 2.12. The molecule has 2 heterocycles. The van der Waals surface area contributed by atoms with E-state index in [1.807, 2.05) is 14.0 Å². The minimum atomic E-state index is 0.563. The van der Waals surface area contributed by atoms with Gasteiger partial charge in [-0.2, -0.15) is 5.10 Å². The summed E-state index contributed by atoms with van der Waals surface area (Å²) in [5.74, 6) is 0.680. The van der Waals surface area contributed by atoms with Gasteiger partial charge in [0.2, 0.25) is 0 Å². The molecule has 3 aromatic rings. The molecule has 0 atom stereocenters. The van der Waals surface area contributed by atoms with Crippen molar-refractivity contribution in [2.24, 2.45) is 7.05 Å². The molecule has 1 N–H and O–H groups in total. The van der Waals surface area contributed by atoms with E-state index in [1.54, 1.807) is 22.9 Å². The predicted molar refractivity (Wildman–Crippen MR) is 80.8 cm³/mol. The summed E-state index contributed by atoms with van der Waals surface area (Å²) in [6.45, 7) is 1.92. The Morgan fingerprint density at radius 3 is 2.50 bits per heavy atom. The van der Waals surface area contributed by atoms with E-state index in [9.17, 15) is 0 Å². The zero-order chi connectivity index (χ0) is 14.3. The number of benzene rings is 1. The summed E-state index contributed by atoms with van der Waals surface area (Å²) in [5.41, 5.74) is 2.40. The van der Waals surface area contributed by atoms with Crippen LogP contribution in [0.4, 0.5) is 11.5 Å². The fraction of sp³-hybridized carbons (Fsp3) is 0.154. The van der Waals surface area contributed by atoms with E-state index in [1.165, 1.54) is 6.33 Å². The van der Waals surface area contributed by atoms with Gasteiger partial charge in [-0.05, 0) is 25.1 Å². The predicted octanol–water partition coefficient (Wildman–Crippen LogP) is 3.72. The Labute approximate surface area is 125 Å². The molecule has 102 valence electrons. The van der Waals surface area contributed by atoms with Crippen LogP contribution in [0.2, 0.25) is 10.0 Å². The summed E-state index contributed by atoms with van der Waals surface area (Å²) in [4.78, 5) is 8.51. The molecule has 0 spiro atoms. The molecule has 2 aromatic heterocycles. The largest absolute Gasteiger partial charge is 0.339 e. The number of aromatic nitrogens is 4. The second-order valence-corrected chi connectivity index (χ2v) is 5.29. The monoisotopic (exact) mass is 307 g/mol. The molecule has 0 saturated carbocycles. The van der Waals surface area contributed by atoms with Crippen LogP contribution < -0.4 is 5.32 Å². The van der Waals surface area contributed by atoms with Crippen molar-refractivity contribution in [2.45, 2.75) is 6.92 Å². The molecule has 0 unspecified atom stereocenters. The number of nitrogens with one attached hydrogen (secondary N) is 1. The van der Waals surface area contributed by atoms with Crippen molar-refractivity contribution >= 4 is 45.7 Å². The summed E-state index contributed by atoms with van der Waals surface area (Å²) in [6, 6.07) is 5.25. The second-order valence-electron chi connectivity index (χ2n) is 4.41. The maximum Gasteiger partial charge on any atom is 0.163 e. The van der Waals surface area contributed by atoms with Crippen LogP contribution in [0.3, 0.4) is 0 Å². The summed E-state index contributed by atoms with van der Waals surface area (Å²) in [5, 5.41) is 9.57. The van der Waals surface area contributed by atoms with Gasteiger partial charge in [-0.15, -0.1) is 0 Å². The van der Waals surface area contributed by atoms with E-state index in [-0.39, 0.29) is 0 Å². The highest BCUT2D eigenvalue weighted by atomic mass is 35.5. The molecule has 0 saturated heterocycles. The third-order valence-electron chi connectivity index (χ3n) is 2.92. The molecule has 1 aromatic carbocycles. The molecule has 3 rings (SSSR count). The fourth-order valence-electron chi connectivity index (χ4n) is 2.13. The standard InChI is InChI=1S/C13H11Cl2N5/c1-7-11-12(16-6-17-13(11)20(2)19-7)18-10-4-8(14)3-9(15)5-10/h3-6H,1-2H3,(H,16,17,18). The minimum Gasteiger partial charge on any atom is -0.339 e. The summed E-state index contributed by atoms with van der Waals surface area (Å²) < 4.78 is 1.72. The van der Waals surface area contributed by atoms with E-state index >= 15 is 0 Å². The number of hydrogen-bond donors (Lipinski definition) is 1. The third-order valence-corrected chi connectivity index (χ3v) is 3.36. The van der Waals surface area contributed by atoms with Crippen LogP contribution in [0.25, 0.3) is 11.0 Å². The maximum atomic E-state index is 6.00. The van der Waals surface area contributed by atoms with Crippen LogP contribution in [0, 0.1) is 6.92 Å². The molecule has 0 amide bonds. The van der Waals surface area contributed by atoms with Crippen LogP contribution >= 0.6 is 23.2 Å². The van der Waals surface area contributed by atoms with Crippen molar-refractivity contribution in [3.63, 3.8) is 0 Å². The number of rotatable bonds is 2. The Hall–Kier alpha value is -1.85. The first-order chi connectivity index (χ1) is 9.54. The first kappa shape index (κ1) is 13.1. The Bertz CT molecular complexity index is 777. The second kappa shape index (κ2) is 4.92. The smallest absolute Gasteiger partial charge is 0.163 e. The van der Waals surface area contributed by atoms with Gasteiger partial charge in [-0.1, -0.05) is 23.2 Å². The normalized spacial score (nSPS) is 11.0. The average Bonchev–Trinajstić information content (AvgIpc) is 2.65. The van der Waals surface area contributed by atoms with E-state index in [0.717, 1.165) is 22.4 Å². The Kier molecular flexibility index (Phi) is 3.23. The molecule has 0 fully saturated rings. The van der Waals surface area contributed by atoms with E-state index in [2.05, 4.69) is 20.4 Å². The SMILES string of the molecule is Cc1nn(C)c2ncnc(Nc3cc(Cl)cc(Cl)c3)c12. The maximum absolute atomic E-state index is 6.00. The quantitative estimate of drug-likeness (QED) is 0.784. The summed E-state index contributed by atoms with van der Waals surface area (Å²) in [6.07, 6.45) is 1.50. The zero-order valence-electron chi connectivity index (χ0n) is 10.9. The summed E-state index contributed by atoms with van der Waals surface area (Å²) >= 11 is 12.0. The molecule has 7 heteroatoms. The molecule has 5 nitrogen and oxygen atoms in total. The lowest BCUT2D eigenvalue weighted by Gasteiger charge is -2.07. The van der Waals surface area contributed by atoms with Gasteiger partial charge in [0.05, 0.1) is 11.1 Å². The van der Waals surface area contributed by atoms with Crippen molar-refractivity contribution in [3.05, 3.63) is 40.3 Å². The Balaban J connectivity index is 2.11. The van der Waals surface area contributed by atoms with Gasteiger partial charge in [0.25, 0.3) is 0 Å². The third kappa shape index (κ3) is 2.30. The number of hydrogen-bond acceptors (Lipinski definition) is 4. The van der Waals surface area contributed by atoms with Crippen LogP contribution in [-0.4, -0.2) is 19.7 Å². The van der Waals surface area contributed by atoms with Crippen LogP contribution in [0.1, 0.15) is 5.69 Å². The highest BCUT2D eigenvalue weighted by Crippen LogP contribution is 2.28. The van der Waals surface area contributed by atoms with E-state index in [0.29, 0.717) is 15.9 Å². The number of fused-ring (bicyclic) bond motifs is 1. The van der Waals surface area contributed by atoms with E-state index in [4.69, 9.17) is 23.2 Å². The summed E-state index contributed by atoms with van der Waals surface area (Å²) in [7, 11) is 1.85. The van der Waals surface area contributed by atoms with Gasteiger partial charge >= 0.3 is 0 Å². The number of nitrogens with zero attached hydrogens (tertiary/aromatic N) is 4. The average molecular weight is 308 g/mol. The Morgan fingerprint density at radius 2 is 1.80 bits per heavy atom. The van der Waals surface area contributed by atoms with Crippen LogP contribution in [0.15, 0.2) is 24.5 Å². The van der Waals surface area contributed by atoms with Crippen molar-refractivity contribution < 1.29 is 0 Å². The first-order valence-corrected chi connectivity index (χ1v) is 6.67. The van der Waals surface area contributed by atoms with E-state index < -0.39 is 0 Å². The molecular weight excluding hydrogens is 297 g/mol. The molecule has 20 heavy (non-hydrogen) atoms. The fourth-order valence-corrected chi connectivity index (χ4v) is 2.66. The molecule has 0 bridgehead atoms. The molecule has 0 aliphatic rings.